The Morgan fingerprint density at radius 2 is 1.27 bits per heavy atom. The summed E-state index contributed by atoms with van der Waals surface area (Å²) in [6.07, 6.45) is -4.69. The Morgan fingerprint density at radius 1 is 0.818 bits per heavy atom. The Hall–Kier alpha value is -1.71. The van der Waals surface area contributed by atoms with Gasteiger partial charge in [-0.3, -0.25) is 0 Å². The average molecular weight is 348 g/mol. The predicted molar refractivity (Wildman–Crippen MR) is 47.7 cm³/mol. The summed E-state index contributed by atoms with van der Waals surface area (Å²) < 4.78 is 145. The van der Waals surface area contributed by atoms with E-state index in [4.69, 9.17) is 0 Å². The van der Waals surface area contributed by atoms with Crippen molar-refractivity contribution in [1.29, 1.82) is 0 Å². The normalized spacial score (nSPS) is 34.7. The van der Waals surface area contributed by atoms with Gasteiger partial charge in [0, 0.05) is 6.08 Å². The summed E-state index contributed by atoms with van der Waals surface area (Å²) in [5.74, 6) is -26.2. The molecule has 1 saturated carbocycles. The first-order valence-electron chi connectivity index (χ1n) is 4.92. The Morgan fingerprint density at radius 3 is 1.64 bits per heavy atom. The van der Waals surface area contributed by atoms with Crippen LogP contribution in [0.4, 0.5) is 48.3 Å². The van der Waals surface area contributed by atoms with E-state index in [-0.39, 0.29) is 0 Å². The van der Waals surface area contributed by atoms with E-state index in [2.05, 4.69) is 11.3 Å². The third-order valence-electron chi connectivity index (χ3n) is 2.80. The SMILES string of the molecule is C=C=CC1(F)C(F)(F)C(F)(F)C(F)(F)C1(F)OC(F)=C(F)F. The summed E-state index contributed by atoms with van der Waals surface area (Å²) in [5.41, 5.74) is -4.75. The zero-order valence-corrected chi connectivity index (χ0v) is 9.85. The van der Waals surface area contributed by atoms with Crippen molar-refractivity contribution in [2.45, 2.75) is 29.3 Å². The van der Waals surface area contributed by atoms with Crippen LogP contribution < -0.4 is 0 Å². The van der Waals surface area contributed by atoms with Gasteiger partial charge in [-0.05, 0) is 0 Å². The minimum Gasteiger partial charge on any atom is -0.420 e. The molecule has 0 aromatic rings. The van der Waals surface area contributed by atoms with Gasteiger partial charge in [0.1, 0.15) is 0 Å². The fourth-order valence-electron chi connectivity index (χ4n) is 1.68. The number of rotatable bonds is 3. The van der Waals surface area contributed by atoms with Crippen LogP contribution in [-0.2, 0) is 4.74 Å². The first-order valence-corrected chi connectivity index (χ1v) is 4.92. The molecule has 0 radical (unpaired) electrons. The number of ether oxygens (including phenoxy) is 1. The number of hydrogen-bond donors (Lipinski definition) is 0. The Kier molecular flexibility index (Phi) is 3.87. The lowest BCUT2D eigenvalue weighted by Crippen LogP contribution is -2.57. The molecular weight excluding hydrogens is 345 g/mol. The maximum atomic E-state index is 14.0. The molecule has 12 heteroatoms. The Bertz CT molecular complexity index is 557. The molecule has 0 heterocycles. The van der Waals surface area contributed by atoms with Crippen LogP contribution in [-0.4, -0.2) is 29.3 Å². The monoisotopic (exact) mass is 348 g/mol. The molecule has 2 atom stereocenters. The van der Waals surface area contributed by atoms with Gasteiger partial charge in [-0.25, -0.2) is 4.39 Å². The highest BCUT2D eigenvalue weighted by atomic mass is 19.4. The van der Waals surface area contributed by atoms with Gasteiger partial charge in [0.2, 0.25) is 0 Å². The zero-order chi connectivity index (χ0) is 17.8. The molecule has 126 valence electrons. The van der Waals surface area contributed by atoms with E-state index in [0.717, 1.165) is 5.73 Å². The van der Waals surface area contributed by atoms with Gasteiger partial charge < -0.3 is 4.74 Å². The highest BCUT2D eigenvalue weighted by molar-refractivity contribution is 5.33. The van der Waals surface area contributed by atoms with Gasteiger partial charge in [-0.2, -0.15) is 43.9 Å². The summed E-state index contributed by atoms with van der Waals surface area (Å²) in [7, 11) is 0. The van der Waals surface area contributed by atoms with Crippen LogP contribution in [0.25, 0.3) is 0 Å². The van der Waals surface area contributed by atoms with Crippen LogP contribution in [0, 0.1) is 0 Å². The lowest BCUT2D eigenvalue weighted by atomic mass is 9.96. The fraction of sp³-hybridized carbons (Fsp3) is 0.500. The van der Waals surface area contributed by atoms with E-state index in [1.54, 1.807) is 0 Å². The summed E-state index contributed by atoms with van der Waals surface area (Å²) in [6.45, 7) is 2.39. The molecule has 0 amide bonds. The van der Waals surface area contributed by atoms with Gasteiger partial charge in [0.25, 0.3) is 5.67 Å². The summed E-state index contributed by atoms with van der Waals surface area (Å²) >= 11 is 0. The van der Waals surface area contributed by atoms with Crippen molar-refractivity contribution in [1.82, 2.24) is 0 Å². The lowest BCUT2D eigenvalue weighted by Gasteiger charge is -2.32. The molecule has 0 aromatic heterocycles. The number of hydrogen-bond acceptors (Lipinski definition) is 1. The molecule has 22 heavy (non-hydrogen) atoms. The second kappa shape index (κ2) is 4.64. The molecule has 0 aliphatic heterocycles. The molecule has 1 rings (SSSR count). The van der Waals surface area contributed by atoms with Crippen molar-refractivity contribution >= 4 is 0 Å². The van der Waals surface area contributed by atoms with Gasteiger partial charge in [-0.15, -0.1) is 5.73 Å². The largest absolute Gasteiger partial charge is 0.420 e. The maximum Gasteiger partial charge on any atom is 0.388 e. The first kappa shape index (κ1) is 18.3. The van der Waals surface area contributed by atoms with E-state index >= 15 is 0 Å². The lowest BCUT2D eigenvalue weighted by molar-refractivity contribution is -0.329. The van der Waals surface area contributed by atoms with Crippen molar-refractivity contribution < 1.29 is 53.0 Å². The van der Waals surface area contributed by atoms with Crippen LogP contribution in [0.5, 0.6) is 0 Å². The van der Waals surface area contributed by atoms with Crippen molar-refractivity contribution in [2.24, 2.45) is 0 Å². The second-order valence-electron chi connectivity index (χ2n) is 4.01. The van der Waals surface area contributed by atoms with E-state index in [1.165, 1.54) is 0 Å². The third kappa shape index (κ3) is 1.73. The van der Waals surface area contributed by atoms with Crippen LogP contribution in [0.1, 0.15) is 0 Å². The van der Waals surface area contributed by atoms with Gasteiger partial charge in [-0.1, -0.05) is 6.58 Å². The summed E-state index contributed by atoms with van der Waals surface area (Å²) in [4.78, 5) is 0. The quantitative estimate of drug-likeness (QED) is 0.409. The molecule has 1 aliphatic carbocycles. The predicted octanol–water partition coefficient (Wildman–Crippen LogP) is 4.67. The standard InChI is InChI=1S/C10H3F11O/c1-2-3-6(14)7(15,16)8(17,18)9(19,20)10(6,21)22-5(13)4(11)12/h3H,1H2. The van der Waals surface area contributed by atoms with E-state index < -0.39 is 47.5 Å². The minimum atomic E-state index is -6.75. The molecule has 0 aromatic carbocycles. The number of halogens is 11. The summed E-state index contributed by atoms with van der Waals surface area (Å²) in [6, 6.07) is -3.57. The molecular formula is C10H3F11O. The van der Waals surface area contributed by atoms with Gasteiger partial charge in [0.15, 0.2) is 0 Å². The number of alkyl halides is 8. The molecule has 0 bridgehead atoms. The van der Waals surface area contributed by atoms with Crippen LogP contribution in [0.15, 0.2) is 30.5 Å². The van der Waals surface area contributed by atoms with Crippen LogP contribution in [0.3, 0.4) is 0 Å². The van der Waals surface area contributed by atoms with Crippen molar-refractivity contribution in [3.8, 4) is 0 Å². The summed E-state index contributed by atoms with van der Waals surface area (Å²) in [5, 5.41) is 0. The topological polar surface area (TPSA) is 9.23 Å². The highest BCUT2D eigenvalue weighted by Gasteiger charge is 3.00. The van der Waals surface area contributed by atoms with Crippen LogP contribution in [0.2, 0.25) is 0 Å². The highest BCUT2D eigenvalue weighted by Crippen LogP contribution is 2.69. The first-order chi connectivity index (χ1) is 9.64. The fourth-order valence-corrected chi connectivity index (χ4v) is 1.68. The van der Waals surface area contributed by atoms with Crippen molar-refractivity contribution in [2.75, 3.05) is 0 Å². The van der Waals surface area contributed by atoms with Crippen molar-refractivity contribution in [3.05, 3.63) is 30.5 Å². The van der Waals surface area contributed by atoms with E-state index in [9.17, 15) is 48.3 Å². The molecule has 0 spiro atoms. The van der Waals surface area contributed by atoms with Gasteiger partial charge in [0.05, 0.1) is 0 Å². The third-order valence-corrected chi connectivity index (χ3v) is 2.80. The Labute approximate surface area is 114 Å². The zero-order valence-electron chi connectivity index (χ0n) is 9.85. The maximum absolute atomic E-state index is 14.0. The molecule has 0 N–H and O–H groups in total. The molecule has 1 fully saturated rings. The molecule has 1 nitrogen and oxygen atoms in total. The van der Waals surface area contributed by atoms with Crippen LogP contribution >= 0.6 is 0 Å². The average Bonchev–Trinajstić information content (AvgIpc) is 2.41. The minimum absolute atomic E-state index is 0.996. The van der Waals surface area contributed by atoms with Crippen molar-refractivity contribution in [3.63, 3.8) is 0 Å². The molecule has 2 unspecified atom stereocenters. The van der Waals surface area contributed by atoms with Gasteiger partial charge >= 0.3 is 35.7 Å². The smallest absolute Gasteiger partial charge is 0.388 e. The van der Waals surface area contributed by atoms with E-state index in [1.807, 2.05) is 0 Å². The molecule has 0 saturated heterocycles. The van der Waals surface area contributed by atoms with E-state index in [0.29, 0.717) is 0 Å². The Balaban J connectivity index is 3.78. The molecule has 1 aliphatic rings. The second-order valence-corrected chi connectivity index (χ2v) is 4.01.